The van der Waals surface area contributed by atoms with Crippen molar-refractivity contribution in [3.63, 3.8) is 0 Å². The Labute approximate surface area is 425 Å². The van der Waals surface area contributed by atoms with E-state index in [2.05, 4.69) is 99.0 Å². The maximum atomic E-state index is 13.3. The lowest BCUT2D eigenvalue weighted by Gasteiger charge is -2.41. The van der Waals surface area contributed by atoms with Crippen molar-refractivity contribution >= 4 is 11.9 Å². The van der Waals surface area contributed by atoms with Crippen LogP contribution in [0, 0.1) is 0 Å². The molecule has 0 aromatic heterocycles. The SMILES string of the molecule is CC/C=C\C/C=C\C/C=C\C/C=C\C/C=C\CCC(O)C(=O)NC(COC1OC(CO)C(O)C(O)C1OC(=O)CCCCCCCCC/C=C/C/C=C/CC)C(O)/C=C/CCCCCCCCCCC. The van der Waals surface area contributed by atoms with Crippen LogP contribution >= 0.6 is 0 Å². The molecular weight excluding hydrogens is 883 g/mol. The number of hydrogen-bond donors (Lipinski definition) is 6. The molecular formula is C59H99NO10. The lowest BCUT2D eigenvalue weighted by Crippen LogP contribution is -2.61. The molecule has 0 aliphatic carbocycles. The number of unbranched alkanes of at least 4 members (excludes halogenated alkanes) is 16. The third-order valence-corrected chi connectivity index (χ3v) is 12.2. The van der Waals surface area contributed by atoms with E-state index in [0.29, 0.717) is 12.8 Å². The van der Waals surface area contributed by atoms with Crippen molar-refractivity contribution in [3.05, 3.63) is 97.2 Å². The number of amides is 1. The summed E-state index contributed by atoms with van der Waals surface area (Å²) in [7, 11) is 0. The number of allylic oxidation sites excluding steroid dienone is 15. The van der Waals surface area contributed by atoms with Gasteiger partial charge in [0.1, 0.15) is 24.4 Å². The number of aliphatic hydroxyl groups excluding tert-OH is 5. The smallest absolute Gasteiger partial charge is 0.306 e. The first kappa shape index (κ1) is 64.6. The van der Waals surface area contributed by atoms with Crippen molar-refractivity contribution in [2.24, 2.45) is 0 Å². The molecule has 8 atom stereocenters. The van der Waals surface area contributed by atoms with Gasteiger partial charge in [-0.05, 0) is 89.9 Å². The molecule has 8 unspecified atom stereocenters. The van der Waals surface area contributed by atoms with Gasteiger partial charge in [-0.3, -0.25) is 9.59 Å². The summed E-state index contributed by atoms with van der Waals surface area (Å²) in [6.07, 6.45) is 50.4. The van der Waals surface area contributed by atoms with Crippen LogP contribution in [0.25, 0.3) is 0 Å². The molecule has 1 amide bonds. The number of ether oxygens (including phenoxy) is 3. The van der Waals surface area contributed by atoms with E-state index in [9.17, 15) is 35.1 Å². The first-order valence-corrected chi connectivity index (χ1v) is 27.5. The van der Waals surface area contributed by atoms with E-state index in [1.807, 2.05) is 18.2 Å². The second kappa shape index (κ2) is 46.6. The Bertz CT molecular complexity index is 1500. The van der Waals surface area contributed by atoms with Gasteiger partial charge in [0, 0.05) is 6.42 Å². The molecule has 0 aromatic rings. The first-order valence-electron chi connectivity index (χ1n) is 27.5. The van der Waals surface area contributed by atoms with Crippen LogP contribution in [0.1, 0.15) is 201 Å². The third kappa shape index (κ3) is 34.8. The van der Waals surface area contributed by atoms with Crippen LogP contribution in [0.5, 0.6) is 0 Å². The highest BCUT2D eigenvalue weighted by Crippen LogP contribution is 2.26. The van der Waals surface area contributed by atoms with E-state index in [0.717, 1.165) is 109 Å². The van der Waals surface area contributed by atoms with E-state index >= 15 is 0 Å². The summed E-state index contributed by atoms with van der Waals surface area (Å²) in [5.74, 6) is -1.27. The second-order valence-electron chi connectivity index (χ2n) is 18.5. The molecule has 11 heteroatoms. The second-order valence-corrected chi connectivity index (χ2v) is 18.5. The van der Waals surface area contributed by atoms with Crippen molar-refractivity contribution in [1.82, 2.24) is 5.32 Å². The van der Waals surface area contributed by atoms with Gasteiger partial charge in [0.15, 0.2) is 12.4 Å². The summed E-state index contributed by atoms with van der Waals surface area (Å²) in [4.78, 5) is 26.4. The molecule has 0 bridgehead atoms. The number of aliphatic hydroxyl groups is 5. The Hall–Kier alpha value is -3.42. The minimum absolute atomic E-state index is 0.103. The first-order chi connectivity index (χ1) is 34.2. The molecule has 1 fully saturated rings. The molecule has 1 rings (SSSR count). The van der Waals surface area contributed by atoms with E-state index in [1.54, 1.807) is 6.08 Å². The predicted octanol–water partition coefficient (Wildman–Crippen LogP) is 12.0. The van der Waals surface area contributed by atoms with Crippen LogP contribution in [-0.2, 0) is 23.8 Å². The van der Waals surface area contributed by atoms with Crippen LogP contribution in [0.2, 0.25) is 0 Å². The minimum atomic E-state index is -1.63. The molecule has 0 saturated carbocycles. The molecule has 70 heavy (non-hydrogen) atoms. The number of nitrogens with one attached hydrogen (secondary N) is 1. The van der Waals surface area contributed by atoms with E-state index < -0.39 is 67.4 Å². The summed E-state index contributed by atoms with van der Waals surface area (Å²) in [6.45, 7) is 5.48. The molecule has 0 aromatic carbocycles. The van der Waals surface area contributed by atoms with Gasteiger partial charge in [-0.2, -0.15) is 0 Å². The third-order valence-electron chi connectivity index (χ3n) is 12.2. The Morgan fingerprint density at radius 1 is 0.571 bits per heavy atom. The molecule has 0 spiro atoms. The fraction of sp³-hybridized carbons (Fsp3) is 0.695. The minimum Gasteiger partial charge on any atom is -0.454 e. The number of rotatable bonds is 44. The number of carbonyl (C=O) groups is 2. The van der Waals surface area contributed by atoms with E-state index in [-0.39, 0.29) is 19.4 Å². The Kier molecular flexibility index (Phi) is 43.0. The summed E-state index contributed by atoms with van der Waals surface area (Å²) in [6, 6.07) is -1.06. The Morgan fingerprint density at radius 2 is 1.03 bits per heavy atom. The van der Waals surface area contributed by atoms with Crippen LogP contribution in [0.15, 0.2) is 97.2 Å². The highest BCUT2D eigenvalue weighted by molar-refractivity contribution is 5.80. The topological polar surface area (TPSA) is 175 Å². The molecule has 1 heterocycles. The van der Waals surface area contributed by atoms with Crippen molar-refractivity contribution < 1.29 is 49.3 Å². The van der Waals surface area contributed by atoms with Crippen molar-refractivity contribution in [2.45, 2.75) is 250 Å². The molecule has 0 radical (unpaired) electrons. The number of esters is 1. The van der Waals surface area contributed by atoms with Crippen LogP contribution in [0.4, 0.5) is 0 Å². The van der Waals surface area contributed by atoms with Gasteiger partial charge >= 0.3 is 5.97 Å². The van der Waals surface area contributed by atoms with Crippen LogP contribution < -0.4 is 5.32 Å². The normalized spacial score (nSPS) is 20.5. The average Bonchev–Trinajstić information content (AvgIpc) is 3.36. The van der Waals surface area contributed by atoms with Gasteiger partial charge in [0.25, 0.3) is 0 Å². The fourth-order valence-electron chi connectivity index (χ4n) is 7.90. The van der Waals surface area contributed by atoms with Gasteiger partial charge in [-0.15, -0.1) is 0 Å². The van der Waals surface area contributed by atoms with Gasteiger partial charge in [-0.25, -0.2) is 0 Å². The van der Waals surface area contributed by atoms with Crippen LogP contribution in [-0.4, -0.2) is 99.6 Å². The van der Waals surface area contributed by atoms with Crippen molar-refractivity contribution in [2.75, 3.05) is 13.2 Å². The maximum absolute atomic E-state index is 13.3. The zero-order chi connectivity index (χ0) is 51.1. The number of carbonyl (C=O) groups excluding carboxylic acids is 2. The predicted molar refractivity (Wildman–Crippen MR) is 287 cm³/mol. The zero-order valence-electron chi connectivity index (χ0n) is 43.8. The summed E-state index contributed by atoms with van der Waals surface area (Å²) < 4.78 is 17.5. The largest absolute Gasteiger partial charge is 0.454 e. The quantitative estimate of drug-likeness (QED) is 0.0196. The van der Waals surface area contributed by atoms with Gasteiger partial charge in [0.05, 0.1) is 25.4 Å². The lowest BCUT2D eigenvalue weighted by molar-refractivity contribution is -0.305. The summed E-state index contributed by atoms with van der Waals surface area (Å²) in [5, 5.41) is 56.6. The highest BCUT2D eigenvalue weighted by Gasteiger charge is 2.47. The zero-order valence-corrected chi connectivity index (χ0v) is 43.8. The molecule has 1 aliphatic heterocycles. The lowest BCUT2D eigenvalue weighted by atomic mass is 9.99. The van der Waals surface area contributed by atoms with Crippen molar-refractivity contribution in [3.8, 4) is 0 Å². The monoisotopic (exact) mass is 982 g/mol. The van der Waals surface area contributed by atoms with Gasteiger partial charge in [0.2, 0.25) is 5.91 Å². The van der Waals surface area contributed by atoms with Gasteiger partial charge in [-0.1, -0.05) is 201 Å². The molecule has 11 nitrogen and oxygen atoms in total. The van der Waals surface area contributed by atoms with Crippen molar-refractivity contribution in [1.29, 1.82) is 0 Å². The molecule has 1 saturated heterocycles. The molecule has 400 valence electrons. The standard InChI is InChI=1S/C59H99NO10/c1-4-7-10-13-16-19-22-24-26-27-28-31-34-37-40-43-46-52(63)58(67)60-50(51(62)45-42-39-36-33-30-21-18-15-12-9-6-3)49-68-59-57(56(66)55(65)53(48-61)69-59)70-54(64)47-44-41-38-35-32-29-25-23-20-17-14-11-8-5-2/h7-8,10-11,16-17,19-20,24,26,28,31,37,40,42,45,50-53,55-57,59,61-63,65-66H,4-6,9,12-15,18,21-23,25,27,29-30,32-36,38-39,41,43-44,46-49H2,1-3H3,(H,60,67)/b10-7-,11-8+,19-16-,20-17+,26-24-,31-28-,40-37-,45-42+. The number of hydrogen-bond acceptors (Lipinski definition) is 10. The highest BCUT2D eigenvalue weighted by atomic mass is 16.7. The maximum Gasteiger partial charge on any atom is 0.306 e. The summed E-state index contributed by atoms with van der Waals surface area (Å²) >= 11 is 0. The Morgan fingerprint density at radius 3 is 1.54 bits per heavy atom. The van der Waals surface area contributed by atoms with Gasteiger partial charge < -0.3 is 45.1 Å². The van der Waals surface area contributed by atoms with Crippen LogP contribution in [0.3, 0.4) is 0 Å². The van der Waals surface area contributed by atoms with E-state index in [4.69, 9.17) is 14.2 Å². The summed E-state index contributed by atoms with van der Waals surface area (Å²) in [5.41, 5.74) is 0. The Balaban J connectivity index is 2.80. The fourth-order valence-corrected chi connectivity index (χ4v) is 7.90. The molecule has 1 aliphatic rings. The van der Waals surface area contributed by atoms with E-state index in [1.165, 1.54) is 44.9 Å². The average molecular weight is 982 g/mol. The molecule has 6 N–H and O–H groups in total.